The minimum atomic E-state index is -3.67. The number of benzene rings is 1. The molecule has 0 saturated carbocycles. The zero-order valence-electron chi connectivity index (χ0n) is 18.8. The molecule has 1 aromatic carbocycles. The monoisotopic (exact) mass is 475 g/mol. The Morgan fingerprint density at radius 1 is 1.00 bits per heavy atom. The number of amides is 2. The Morgan fingerprint density at radius 3 is 2.18 bits per heavy atom. The molecule has 0 unspecified atom stereocenters. The van der Waals surface area contributed by atoms with Crippen LogP contribution in [-0.4, -0.2) is 88.3 Å². The van der Waals surface area contributed by atoms with Gasteiger partial charge in [0, 0.05) is 58.4 Å². The third kappa shape index (κ3) is 4.60. The lowest BCUT2D eigenvalue weighted by Crippen LogP contribution is -2.53. The molecule has 2 fully saturated rings. The van der Waals surface area contributed by atoms with Gasteiger partial charge in [-0.15, -0.1) is 0 Å². The number of carbonyl (C=O) groups excluding carboxylic acids is 2. The highest BCUT2D eigenvalue weighted by atomic mass is 32.2. The van der Waals surface area contributed by atoms with Gasteiger partial charge in [-0.3, -0.25) is 9.59 Å². The van der Waals surface area contributed by atoms with E-state index in [0.717, 1.165) is 0 Å². The largest absolute Gasteiger partial charge is 0.507 e. The number of piperidine rings is 1. The first-order valence-electron chi connectivity index (χ1n) is 11.0. The number of aryl methyl sites for hydroxylation is 2. The first kappa shape index (κ1) is 23.2. The summed E-state index contributed by atoms with van der Waals surface area (Å²) in [6, 6.07) is 6.43. The predicted molar refractivity (Wildman–Crippen MR) is 120 cm³/mol. The maximum Gasteiger partial charge on any atom is 0.262 e. The Bertz CT molecular complexity index is 1130. The lowest BCUT2D eigenvalue weighted by molar-refractivity contribution is -0.138. The molecule has 4 rings (SSSR count). The second kappa shape index (κ2) is 9.14. The Morgan fingerprint density at radius 2 is 1.61 bits per heavy atom. The third-order valence-corrected chi connectivity index (χ3v) is 8.28. The molecule has 0 spiro atoms. The first-order chi connectivity index (χ1) is 15.7. The van der Waals surface area contributed by atoms with E-state index in [1.165, 1.54) is 16.6 Å². The fourth-order valence-corrected chi connectivity index (χ4v) is 5.83. The number of sulfonamides is 1. The third-order valence-electron chi connectivity index (χ3n) is 6.51. The van der Waals surface area contributed by atoms with E-state index in [9.17, 15) is 23.1 Å². The van der Waals surface area contributed by atoms with Crippen LogP contribution < -0.4 is 0 Å². The van der Waals surface area contributed by atoms with Crippen LogP contribution in [0.4, 0.5) is 0 Å². The standard InChI is InChI=1S/C22H29N5O5S/c1-16-23-20(15-24(16)2)33(31,32)27-9-7-17(8-10-27)21(29)25-11-13-26(14-12-25)22(30)18-5-3-4-6-19(18)28/h3-6,15,17,28H,7-14H2,1-2H3. The minimum absolute atomic E-state index is 0.00962. The fraction of sp³-hybridized carbons (Fsp3) is 0.500. The van der Waals surface area contributed by atoms with Gasteiger partial charge in [-0.1, -0.05) is 12.1 Å². The Hall–Kier alpha value is -2.92. The zero-order chi connectivity index (χ0) is 23.8. The summed E-state index contributed by atoms with van der Waals surface area (Å²) in [6.45, 7) is 3.93. The number of hydrogen-bond acceptors (Lipinski definition) is 6. The SMILES string of the molecule is Cc1nc(S(=O)(=O)N2CCC(C(=O)N3CCN(C(=O)c4ccccc4O)CC3)CC2)cn1C. The number of aromatic hydroxyl groups is 1. The molecule has 10 nitrogen and oxygen atoms in total. The Balaban J connectivity index is 1.31. The van der Waals surface area contributed by atoms with Crippen molar-refractivity contribution in [3.63, 3.8) is 0 Å². The number of carbonyl (C=O) groups is 2. The molecule has 2 aromatic rings. The Labute approximate surface area is 193 Å². The first-order valence-corrected chi connectivity index (χ1v) is 12.5. The van der Waals surface area contributed by atoms with E-state index in [2.05, 4.69) is 4.98 Å². The molecule has 178 valence electrons. The molecule has 33 heavy (non-hydrogen) atoms. The van der Waals surface area contributed by atoms with E-state index in [1.807, 2.05) is 0 Å². The molecule has 3 heterocycles. The fourth-order valence-electron chi connectivity index (χ4n) is 4.34. The van der Waals surface area contributed by atoms with Crippen molar-refractivity contribution in [2.75, 3.05) is 39.3 Å². The Kier molecular flexibility index (Phi) is 6.44. The van der Waals surface area contributed by atoms with Crippen LogP contribution in [0.2, 0.25) is 0 Å². The highest BCUT2D eigenvalue weighted by Crippen LogP contribution is 2.26. The summed E-state index contributed by atoms with van der Waals surface area (Å²) in [5, 5.41) is 9.96. The van der Waals surface area contributed by atoms with Crippen molar-refractivity contribution in [3.8, 4) is 5.75 Å². The topological polar surface area (TPSA) is 116 Å². The van der Waals surface area contributed by atoms with Gasteiger partial charge in [0.15, 0.2) is 5.03 Å². The highest BCUT2D eigenvalue weighted by Gasteiger charge is 2.36. The molecular weight excluding hydrogens is 446 g/mol. The summed E-state index contributed by atoms with van der Waals surface area (Å²) in [7, 11) is -1.92. The number of piperazine rings is 1. The summed E-state index contributed by atoms with van der Waals surface area (Å²) in [6.07, 6.45) is 2.43. The molecule has 0 aliphatic carbocycles. The summed E-state index contributed by atoms with van der Waals surface area (Å²) in [5.41, 5.74) is 0.258. The minimum Gasteiger partial charge on any atom is -0.507 e. The van der Waals surface area contributed by atoms with Gasteiger partial charge in [0.25, 0.3) is 15.9 Å². The number of phenols is 1. The average molecular weight is 476 g/mol. The molecule has 1 aromatic heterocycles. The summed E-state index contributed by atoms with van der Waals surface area (Å²) in [5.74, 6) is 0.100. The highest BCUT2D eigenvalue weighted by molar-refractivity contribution is 7.89. The second-order valence-electron chi connectivity index (χ2n) is 8.55. The van der Waals surface area contributed by atoms with E-state index in [1.54, 1.807) is 46.5 Å². The van der Waals surface area contributed by atoms with Gasteiger partial charge < -0.3 is 19.5 Å². The van der Waals surface area contributed by atoms with Gasteiger partial charge in [-0.05, 0) is 31.9 Å². The van der Waals surface area contributed by atoms with Crippen LogP contribution in [0.15, 0.2) is 35.5 Å². The normalized spacial score (nSPS) is 18.5. The van der Waals surface area contributed by atoms with Gasteiger partial charge >= 0.3 is 0 Å². The quantitative estimate of drug-likeness (QED) is 0.700. The van der Waals surface area contributed by atoms with Crippen LogP contribution in [-0.2, 0) is 21.9 Å². The van der Waals surface area contributed by atoms with Crippen molar-refractivity contribution in [1.82, 2.24) is 23.7 Å². The number of imidazole rings is 1. The van der Waals surface area contributed by atoms with Crippen molar-refractivity contribution in [2.24, 2.45) is 13.0 Å². The number of nitrogens with zero attached hydrogens (tertiary/aromatic N) is 5. The summed E-state index contributed by atoms with van der Waals surface area (Å²) in [4.78, 5) is 33.2. The molecule has 2 aliphatic rings. The predicted octanol–water partition coefficient (Wildman–Crippen LogP) is 0.819. The van der Waals surface area contributed by atoms with Crippen LogP contribution in [0.1, 0.15) is 29.0 Å². The maximum absolute atomic E-state index is 13.0. The molecule has 0 bridgehead atoms. The molecule has 1 N–H and O–H groups in total. The van der Waals surface area contributed by atoms with Crippen LogP contribution in [0.5, 0.6) is 5.75 Å². The van der Waals surface area contributed by atoms with Gasteiger partial charge in [-0.2, -0.15) is 4.31 Å². The van der Waals surface area contributed by atoms with Gasteiger partial charge in [0.1, 0.15) is 11.6 Å². The lowest BCUT2D eigenvalue weighted by Gasteiger charge is -2.38. The van der Waals surface area contributed by atoms with Crippen molar-refractivity contribution >= 4 is 21.8 Å². The van der Waals surface area contributed by atoms with Gasteiger partial charge in [0.05, 0.1) is 5.56 Å². The number of para-hydroxylation sites is 1. The summed E-state index contributed by atoms with van der Waals surface area (Å²) >= 11 is 0. The van der Waals surface area contributed by atoms with Crippen LogP contribution in [0.3, 0.4) is 0 Å². The van der Waals surface area contributed by atoms with Crippen LogP contribution >= 0.6 is 0 Å². The molecule has 0 atom stereocenters. The average Bonchev–Trinajstić information content (AvgIpc) is 3.17. The van der Waals surface area contributed by atoms with E-state index in [4.69, 9.17) is 0 Å². The van der Waals surface area contributed by atoms with E-state index >= 15 is 0 Å². The van der Waals surface area contributed by atoms with E-state index < -0.39 is 10.0 Å². The molecule has 11 heteroatoms. The van der Waals surface area contributed by atoms with Crippen LogP contribution in [0.25, 0.3) is 0 Å². The van der Waals surface area contributed by atoms with Crippen molar-refractivity contribution in [1.29, 1.82) is 0 Å². The maximum atomic E-state index is 13.0. The zero-order valence-corrected chi connectivity index (χ0v) is 19.7. The number of aromatic nitrogens is 2. The molecule has 2 amide bonds. The lowest BCUT2D eigenvalue weighted by atomic mass is 9.96. The molecule has 2 aliphatic heterocycles. The smallest absolute Gasteiger partial charge is 0.262 e. The van der Waals surface area contributed by atoms with Crippen molar-refractivity contribution in [2.45, 2.75) is 24.8 Å². The number of phenolic OH excluding ortho intramolecular Hbond substituents is 1. The van der Waals surface area contributed by atoms with Gasteiger partial charge in [-0.25, -0.2) is 13.4 Å². The number of hydrogen-bond donors (Lipinski definition) is 1. The van der Waals surface area contributed by atoms with Gasteiger partial charge in [0.2, 0.25) is 5.91 Å². The summed E-state index contributed by atoms with van der Waals surface area (Å²) < 4.78 is 28.8. The van der Waals surface area contributed by atoms with Crippen molar-refractivity contribution in [3.05, 3.63) is 41.9 Å². The molecular formula is C22H29N5O5S. The van der Waals surface area contributed by atoms with E-state index in [0.29, 0.717) is 44.8 Å². The molecule has 2 saturated heterocycles. The van der Waals surface area contributed by atoms with Crippen molar-refractivity contribution < 1.29 is 23.1 Å². The molecule has 0 radical (unpaired) electrons. The number of rotatable bonds is 4. The van der Waals surface area contributed by atoms with Crippen LogP contribution in [0, 0.1) is 12.8 Å². The van der Waals surface area contributed by atoms with E-state index in [-0.39, 0.29) is 47.2 Å². The second-order valence-corrected chi connectivity index (χ2v) is 10.4.